The molecule has 0 radical (unpaired) electrons. The van der Waals surface area contributed by atoms with Gasteiger partial charge in [0, 0.05) is 10.7 Å². The number of fused-ring (bicyclic) bond motifs is 1. The lowest BCUT2D eigenvalue weighted by molar-refractivity contribution is -0.116. The Bertz CT molecular complexity index is 1220. The molecule has 0 unspecified atom stereocenters. The summed E-state index contributed by atoms with van der Waals surface area (Å²) in [5, 5.41) is 3.72. The van der Waals surface area contributed by atoms with Gasteiger partial charge in [-0.15, -0.1) is 0 Å². The average Bonchev–Trinajstić information content (AvgIpc) is 3.08. The molecule has 4 rings (SSSR count). The van der Waals surface area contributed by atoms with Crippen LogP contribution in [0.15, 0.2) is 60.7 Å². The largest absolute Gasteiger partial charge is 0.486 e. The Kier molecular flexibility index (Phi) is 5.96. The lowest BCUT2D eigenvalue weighted by atomic mass is 10.1. The van der Waals surface area contributed by atoms with Crippen LogP contribution in [0.25, 0.3) is 11.0 Å². The zero-order chi connectivity index (χ0) is 22.0. The highest BCUT2D eigenvalue weighted by molar-refractivity contribution is 6.30. The lowest BCUT2D eigenvalue weighted by Crippen LogP contribution is -2.21. The number of nitrogens with one attached hydrogen (secondary N) is 1. The minimum atomic E-state index is -0.106. The second-order valence-corrected chi connectivity index (χ2v) is 8.10. The maximum atomic E-state index is 13.0. The zero-order valence-corrected chi connectivity index (χ0v) is 18.5. The van der Waals surface area contributed by atoms with Crippen molar-refractivity contribution in [2.45, 2.75) is 33.9 Å². The number of anilines is 1. The maximum absolute atomic E-state index is 13.0. The number of benzene rings is 3. The number of para-hydroxylation sites is 2. The van der Waals surface area contributed by atoms with E-state index in [1.165, 1.54) is 5.56 Å². The summed E-state index contributed by atoms with van der Waals surface area (Å²) in [6.07, 6.45) is 0. The minimum absolute atomic E-state index is 0.106. The first-order valence-corrected chi connectivity index (χ1v) is 10.5. The minimum Gasteiger partial charge on any atom is -0.486 e. The van der Waals surface area contributed by atoms with Crippen LogP contribution in [-0.4, -0.2) is 15.5 Å². The van der Waals surface area contributed by atoms with Gasteiger partial charge in [0.05, 0.1) is 11.0 Å². The first kappa shape index (κ1) is 20.9. The van der Waals surface area contributed by atoms with Crippen molar-refractivity contribution in [2.24, 2.45) is 0 Å². The third-order valence-electron chi connectivity index (χ3n) is 5.16. The van der Waals surface area contributed by atoms with E-state index in [1.54, 1.807) is 12.1 Å². The fraction of sp³-hybridized carbons (Fsp3) is 0.200. The predicted molar refractivity (Wildman–Crippen MR) is 125 cm³/mol. The Hall–Kier alpha value is -3.31. The Morgan fingerprint density at radius 2 is 1.71 bits per heavy atom. The van der Waals surface area contributed by atoms with Crippen molar-refractivity contribution < 1.29 is 9.53 Å². The second kappa shape index (κ2) is 8.82. The zero-order valence-electron chi connectivity index (χ0n) is 17.8. The number of nitrogens with zero attached hydrogens (tertiary/aromatic N) is 2. The van der Waals surface area contributed by atoms with Gasteiger partial charge >= 0.3 is 0 Å². The highest BCUT2D eigenvalue weighted by atomic mass is 35.5. The molecule has 6 heteroatoms. The highest BCUT2D eigenvalue weighted by Crippen LogP contribution is 2.23. The number of hydrogen-bond donors (Lipinski definition) is 1. The van der Waals surface area contributed by atoms with Gasteiger partial charge in [0.1, 0.15) is 24.7 Å². The molecule has 158 valence electrons. The van der Waals surface area contributed by atoms with Crippen LogP contribution in [0.1, 0.15) is 22.5 Å². The Labute approximate surface area is 186 Å². The number of aryl methyl sites for hydroxylation is 3. The molecule has 4 aromatic rings. The molecule has 0 saturated heterocycles. The summed E-state index contributed by atoms with van der Waals surface area (Å²) >= 11 is 5.95. The number of ether oxygens (including phenoxy) is 1. The van der Waals surface area contributed by atoms with Gasteiger partial charge in [0.2, 0.25) is 5.91 Å². The predicted octanol–water partition coefficient (Wildman–Crippen LogP) is 5.83. The molecule has 0 aliphatic carbocycles. The van der Waals surface area contributed by atoms with Crippen molar-refractivity contribution in [3.8, 4) is 5.75 Å². The van der Waals surface area contributed by atoms with Crippen molar-refractivity contribution in [2.75, 3.05) is 5.32 Å². The van der Waals surface area contributed by atoms with E-state index in [0.29, 0.717) is 16.6 Å². The number of imidazole rings is 1. The van der Waals surface area contributed by atoms with Crippen molar-refractivity contribution >= 4 is 34.2 Å². The second-order valence-electron chi connectivity index (χ2n) is 7.67. The molecule has 1 heterocycles. The lowest BCUT2D eigenvalue weighted by Gasteiger charge is -2.14. The number of halogens is 1. The van der Waals surface area contributed by atoms with E-state index in [1.807, 2.05) is 54.8 Å². The van der Waals surface area contributed by atoms with Gasteiger partial charge in [0.25, 0.3) is 0 Å². The van der Waals surface area contributed by atoms with Crippen molar-refractivity contribution in [1.29, 1.82) is 0 Å². The van der Waals surface area contributed by atoms with Crippen LogP contribution in [-0.2, 0) is 17.9 Å². The number of rotatable bonds is 6. The highest BCUT2D eigenvalue weighted by Gasteiger charge is 2.16. The van der Waals surface area contributed by atoms with Crippen LogP contribution in [0.4, 0.5) is 5.69 Å². The van der Waals surface area contributed by atoms with Gasteiger partial charge in [-0.25, -0.2) is 4.98 Å². The SMILES string of the molecule is Cc1cc(C)c(NC(=O)Cn2c(COc3ccc(Cl)cc3)nc3ccccc32)c(C)c1. The topological polar surface area (TPSA) is 56.2 Å². The molecule has 0 bridgehead atoms. The van der Waals surface area contributed by atoms with Gasteiger partial charge in [-0.1, -0.05) is 41.4 Å². The van der Waals surface area contributed by atoms with Crippen molar-refractivity contribution in [1.82, 2.24) is 9.55 Å². The van der Waals surface area contributed by atoms with Gasteiger partial charge in [-0.05, 0) is 68.3 Å². The molecule has 0 saturated carbocycles. The Balaban J connectivity index is 1.58. The molecule has 1 amide bonds. The number of aromatic nitrogens is 2. The normalized spacial score (nSPS) is 11.0. The molecular formula is C25H24ClN3O2. The van der Waals surface area contributed by atoms with Crippen LogP contribution >= 0.6 is 11.6 Å². The summed E-state index contributed by atoms with van der Waals surface area (Å²) in [5.41, 5.74) is 5.85. The van der Waals surface area contributed by atoms with Crippen LogP contribution in [0.3, 0.4) is 0 Å². The summed E-state index contributed by atoms with van der Waals surface area (Å²) < 4.78 is 7.80. The number of carbonyl (C=O) groups excluding carboxylic acids is 1. The van der Waals surface area contributed by atoms with Gasteiger partial charge in [-0.2, -0.15) is 0 Å². The van der Waals surface area contributed by atoms with Crippen LogP contribution in [0.5, 0.6) is 5.75 Å². The number of hydrogen-bond acceptors (Lipinski definition) is 3. The van der Waals surface area contributed by atoms with Crippen molar-refractivity contribution in [3.05, 3.63) is 88.2 Å². The first-order chi connectivity index (χ1) is 14.9. The van der Waals surface area contributed by atoms with Crippen molar-refractivity contribution in [3.63, 3.8) is 0 Å². The Morgan fingerprint density at radius 3 is 2.42 bits per heavy atom. The molecule has 0 atom stereocenters. The molecule has 0 spiro atoms. The monoisotopic (exact) mass is 433 g/mol. The average molecular weight is 434 g/mol. The first-order valence-electron chi connectivity index (χ1n) is 10.1. The molecule has 1 aromatic heterocycles. The van der Waals surface area contributed by atoms with E-state index in [9.17, 15) is 4.79 Å². The standard InChI is InChI=1S/C25H24ClN3O2/c1-16-12-17(2)25(18(3)13-16)28-24(30)14-29-22-7-5-4-6-21(22)27-23(29)15-31-20-10-8-19(26)9-11-20/h4-13H,14-15H2,1-3H3,(H,28,30). The molecule has 5 nitrogen and oxygen atoms in total. The third kappa shape index (κ3) is 4.72. The number of amides is 1. The molecule has 3 aromatic carbocycles. The van der Waals surface area contributed by atoms with Gasteiger partial charge < -0.3 is 14.6 Å². The van der Waals surface area contributed by atoms with E-state index in [2.05, 4.69) is 29.4 Å². The van der Waals surface area contributed by atoms with E-state index < -0.39 is 0 Å². The van der Waals surface area contributed by atoms with E-state index in [0.717, 1.165) is 27.8 Å². The molecule has 0 aliphatic rings. The van der Waals surface area contributed by atoms with E-state index in [-0.39, 0.29) is 19.1 Å². The quantitative estimate of drug-likeness (QED) is 0.416. The van der Waals surface area contributed by atoms with E-state index >= 15 is 0 Å². The molecule has 31 heavy (non-hydrogen) atoms. The smallest absolute Gasteiger partial charge is 0.244 e. The third-order valence-corrected chi connectivity index (χ3v) is 5.41. The van der Waals surface area contributed by atoms with E-state index in [4.69, 9.17) is 16.3 Å². The van der Waals surface area contributed by atoms with Crippen LogP contribution in [0.2, 0.25) is 5.02 Å². The molecule has 0 fully saturated rings. The van der Waals surface area contributed by atoms with Crippen LogP contribution < -0.4 is 10.1 Å². The fourth-order valence-electron chi connectivity index (χ4n) is 3.79. The summed E-state index contributed by atoms with van der Waals surface area (Å²) in [7, 11) is 0. The van der Waals surface area contributed by atoms with Crippen LogP contribution in [0, 0.1) is 20.8 Å². The molecule has 0 aliphatic heterocycles. The summed E-state index contributed by atoms with van der Waals surface area (Å²) in [6, 6.07) is 19.1. The summed E-state index contributed by atoms with van der Waals surface area (Å²) in [5.74, 6) is 1.27. The fourth-order valence-corrected chi connectivity index (χ4v) is 3.92. The summed E-state index contributed by atoms with van der Waals surface area (Å²) in [6.45, 7) is 6.45. The Morgan fingerprint density at radius 1 is 1.03 bits per heavy atom. The number of carbonyl (C=O) groups is 1. The van der Waals surface area contributed by atoms with Gasteiger partial charge in [0.15, 0.2) is 0 Å². The summed E-state index contributed by atoms with van der Waals surface area (Å²) in [4.78, 5) is 17.6. The molecular weight excluding hydrogens is 410 g/mol. The maximum Gasteiger partial charge on any atom is 0.244 e. The molecule has 1 N–H and O–H groups in total. The van der Waals surface area contributed by atoms with Gasteiger partial charge in [-0.3, -0.25) is 4.79 Å².